The standard InChI is InChI=1S/C20H25N5O3/c1-20(2,3)28-19(27)25-12-14-9-15(25)11-24(14)18-22-16(10-17(26)23(18)4)13-5-7-21-8-6-13/h5-8,10,14-15H,9,11-12H2,1-4H3/t14-,15?/m0/s1. The van der Waals surface area contributed by atoms with Gasteiger partial charge in [-0.15, -0.1) is 0 Å². The number of piperazine rings is 1. The van der Waals surface area contributed by atoms with Gasteiger partial charge in [-0.1, -0.05) is 0 Å². The van der Waals surface area contributed by atoms with E-state index in [1.807, 2.05) is 32.9 Å². The SMILES string of the molecule is Cn1c(N2CC3C[C@H]2CN3C(=O)OC(C)(C)C)nc(-c2ccncc2)cc1=O. The van der Waals surface area contributed by atoms with Crippen molar-refractivity contribution in [3.63, 3.8) is 0 Å². The second-order valence-electron chi connectivity index (χ2n) is 8.40. The monoisotopic (exact) mass is 383 g/mol. The molecule has 28 heavy (non-hydrogen) atoms. The predicted octanol–water partition coefficient (Wildman–Crippen LogP) is 2.04. The minimum absolute atomic E-state index is 0.0707. The molecule has 2 bridgehead atoms. The molecule has 2 aromatic rings. The van der Waals surface area contributed by atoms with E-state index in [1.54, 1.807) is 35.0 Å². The third-order valence-electron chi connectivity index (χ3n) is 5.21. The summed E-state index contributed by atoms with van der Waals surface area (Å²) in [4.78, 5) is 37.7. The molecule has 148 valence electrons. The van der Waals surface area contributed by atoms with Crippen molar-refractivity contribution in [3.8, 4) is 11.3 Å². The van der Waals surface area contributed by atoms with E-state index in [-0.39, 0.29) is 23.7 Å². The zero-order valence-electron chi connectivity index (χ0n) is 16.6. The molecule has 0 aromatic carbocycles. The van der Waals surface area contributed by atoms with Crippen LogP contribution in [0.15, 0.2) is 35.4 Å². The highest BCUT2D eigenvalue weighted by Gasteiger charge is 2.47. The summed E-state index contributed by atoms with van der Waals surface area (Å²) in [5.41, 5.74) is 0.868. The van der Waals surface area contributed by atoms with Crippen molar-refractivity contribution in [3.05, 3.63) is 40.9 Å². The highest BCUT2D eigenvalue weighted by molar-refractivity contribution is 5.70. The zero-order valence-corrected chi connectivity index (χ0v) is 16.6. The van der Waals surface area contributed by atoms with Crippen molar-refractivity contribution >= 4 is 12.0 Å². The van der Waals surface area contributed by atoms with Crippen LogP contribution >= 0.6 is 0 Å². The number of rotatable bonds is 2. The fraction of sp³-hybridized carbons (Fsp3) is 0.500. The maximum atomic E-state index is 12.5. The first-order valence-electron chi connectivity index (χ1n) is 9.47. The number of hydrogen-bond donors (Lipinski definition) is 0. The van der Waals surface area contributed by atoms with Crippen LogP contribution in [0.4, 0.5) is 10.7 Å². The van der Waals surface area contributed by atoms with E-state index in [0.717, 1.165) is 12.0 Å². The Bertz CT molecular complexity index is 951. The molecule has 2 fully saturated rings. The highest BCUT2D eigenvalue weighted by atomic mass is 16.6. The van der Waals surface area contributed by atoms with Crippen LogP contribution in [0.3, 0.4) is 0 Å². The summed E-state index contributed by atoms with van der Waals surface area (Å²) in [5.74, 6) is 0.635. The smallest absolute Gasteiger partial charge is 0.410 e. The van der Waals surface area contributed by atoms with E-state index in [0.29, 0.717) is 24.7 Å². The first-order valence-corrected chi connectivity index (χ1v) is 9.47. The van der Waals surface area contributed by atoms with Crippen LogP contribution in [0.25, 0.3) is 11.3 Å². The van der Waals surface area contributed by atoms with Crippen molar-refractivity contribution in [1.82, 2.24) is 19.4 Å². The molecule has 1 amide bonds. The zero-order chi connectivity index (χ0) is 20.1. The Hall–Kier alpha value is -2.90. The Morgan fingerprint density at radius 2 is 1.89 bits per heavy atom. The molecule has 2 atom stereocenters. The number of nitrogens with zero attached hydrogens (tertiary/aromatic N) is 5. The van der Waals surface area contributed by atoms with E-state index in [9.17, 15) is 9.59 Å². The van der Waals surface area contributed by atoms with Crippen molar-refractivity contribution in [2.24, 2.45) is 7.05 Å². The number of aromatic nitrogens is 3. The maximum absolute atomic E-state index is 12.5. The van der Waals surface area contributed by atoms with Crippen LogP contribution in [0.1, 0.15) is 27.2 Å². The third kappa shape index (κ3) is 3.34. The average Bonchev–Trinajstić information content (AvgIpc) is 3.24. The van der Waals surface area contributed by atoms with Gasteiger partial charge in [0.05, 0.1) is 17.8 Å². The molecule has 2 saturated heterocycles. The first-order chi connectivity index (χ1) is 13.2. The van der Waals surface area contributed by atoms with Gasteiger partial charge in [-0.3, -0.25) is 14.3 Å². The Morgan fingerprint density at radius 1 is 1.18 bits per heavy atom. The largest absolute Gasteiger partial charge is 0.444 e. The van der Waals surface area contributed by atoms with E-state index in [4.69, 9.17) is 9.72 Å². The minimum atomic E-state index is -0.511. The lowest BCUT2D eigenvalue weighted by Crippen LogP contribution is -2.51. The topological polar surface area (TPSA) is 80.6 Å². The van der Waals surface area contributed by atoms with E-state index in [1.165, 1.54) is 0 Å². The number of pyridine rings is 1. The Labute approximate surface area is 163 Å². The van der Waals surface area contributed by atoms with Gasteiger partial charge in [-0.05, 0) is 39.3 Å². The molecule has 2 aliphatic heterocycles. The van der Waals surface area contributed by atoms with Crippen LogP contribution in [-0.4, -0.2) is 56.3 Å². The highest BCUT2D eigenvalue weighted by Crippen LogP contribution is 2.34. The fourth-order valence-electron chi connectivity index (χ4n) is 3.91. The van der Waals surface area contributed by atoms with Crippen LogP contribution < -0.4 is 10.5 Å². The lowest BCUT2D eigenvalue weighted by atomic mass is 10.2. The lowest BCUT2D eigenvalue weighted by molar-refractivity contribution is 0.0214. The van der Waals surface area contributed by atoms with Crippen molar-refractivity contribution in [2.75, 3.05) is 18.0 Å². The summed E-state index contributed by atoms with van der Waals surface area (Å²) in [6.07, 6.45) is 3.95. The van der Waals surface area contributed by atoms with Crippen LogP contribution in [0.5, 0.6) is 0 Å². The summed E-state index contributed by atoms with van der Waals surface area (Å²) in [6, 6.07) is 5.42. The Balaban J connectivity index is 1.58. The van der Waals surface area contributed by atoms with Crippen LogP contribution in [0, 0.1) is 0 Å². The number of amides is 1. The van der Waals surface area contributed by atoms with E-state index < -0.39 is 5.60 Å². The second kappa shape index (κ2) is 6.61. The van der Waals surface area contributed by atoms with Gasteiger partial charge in [-0.2, -0.15) is 0 Å². The van der Waals surface area contributed by atoms with Gasteiger partial charge in [0, 0.05) is 44.2 Å². The number of ether oxygens (including phenoxy) is 1. The Kier molecular flexibility index (Phi) is 4.36. The number of likely N-dealkylation sites (tertiary alicyclic amines) is 1. The number of hydrogen-bond acceptors (Lipinski definition) is 6. The molecule has 2 aromatic heterocycles. The summed E-state index contributed by atoms with van der Waals surface area (Å²) < 4.78 is 7.10. The molecule has 8 heteroatoms. The van der Waals surface area contributed by atoms with E-state index >= 15 is 0 Å². The predicted molar refractivity (Wildman–Crippen MR) is 105 cm³/mol. The van der Waals surface area contributed by atoms with Crippen LogP contribution in [-0.2, 0) is 11.8 Å². The average molecular weight is 383 g/mol. The first kappa shape index (κ1) is 18.5. The summed E-state index contributed by atoms with van der Waals surface area (Å²) in [5, 5.41) is 0. The van der Waals surface area contributed by atoms with Gasteiger partial charge in [-0.25, -0.2) is 9.78 Å². The molecular weight excluding hydrogens is 358 g/mol. The van der Waals surface area contributed by atoms with Gasteiger partial charge in [0.15, 0.2) is 0 Å². The van der Waals surface area contributed by atoms with Gasteiger partial charge in [0.25, 0.3) is 5.56 Å². The molecule has 0 N–H and O–H groups in total. The molecule has 0 aliphatic carbocycles. The maximum Gasteiger partial charge on any atom is 0.410 e. The summed E-state index contributed by atoms with van der Waals surface area (Å²) in [6.45, 7) is 6.83. The van der Waals surface area contributed by atoms with Crippen molar-refractivity contribution < 1.29 is 9.53 Å². The fourth-order valence-corrected chi connectivity index (χ4v) is 3.91. The number of fused-ring (bicyclic) bond motifs is 2. The molecule has 0 saturated carbocycles. The minimum Gasteiger partial charge on any atom is -0.444 e. The molecule has 1 unspecified atom stereocenters. The number of carbonyl (C=O) groups excluding carboxylic acids is 1. The van der Waals surface area contributed by atoms with Crippen molar-refractivity contribution in [1.29, 1.82) is 0 Å². The normalized spacial score (nSPS) is 21.3. The van der Waals surface area contributed by atoms with Crippen LogP contribution in [0.2, 0.25) is 0 Å². The quantitative estimate of drug-likeness (QED) is 0.790. The van der Waals surface area contributed by atoms with Gasteiger partial charge < -0.3 is 14.5 Å². The lowest BCUT2D eigenvalue weighted by Gasteiger charge is -2.36. The third-order valence-corrected chi connectivity index (χ3v) is 5.21. The molecule has 0 spiro atoms. The molecule has 4 rings (SSSR count). The number of anilines is 1. The summed E-state index contributed by atoms with van der Waals surface area (Å²) >= 11 is 0. The van der Waals surface area contributed by atoms with Crippen molar-refractivity contribution in [2.45, 2.75) is 44.9 Å². The van der Waals surface area contributed by atoms with Gasteiger partial charge >= 0.3 is 6.09 Å². The second-order valence-corrected chi connectivity index (χ2v) is 8.40. The van der Waals surface area contributed by atoms with Gasteiger partial charge in [0.1, 0.15) is 5.60 Å². The molecule has 2 aliphatic rings. The number of carbonyl (C=O) groups is 1. The molecule has 8 nitrogen and oxygen atoms in total. The molecule has 4 heterocycles. The van der Waals surface area contributed by atoms with Gasteiger partial charge in [0.2, 0.25) is 5.95 Å². The molecule has 0 radical (unpaired) electrons. The summed E-state index contributed by atoms with van der Waals surface area (Å²) in [7, 11) is 1.73. The van der Waals surface area contributed by atoms with E-state index in [2.05, 4.69) is 9.88 Å². The molecular formula is C20H25N5O3. The Morgan fingerprint density at radius 3 is 2.50 bits per heavy atom.